The minimum atomic E-state index is -0.671. The standard InChI is InChI=1S/2C18H32O2.C7H19N3/c2*1-2-3-4-5-6-7-8-9-10-11-12-13-14-15-16-17-18(19)20;1-10(6-2-4-8)7-3-5-9/h2*6-7,9-10H,2-5,8,11-17H2,1H3,(H,19,20);2-9H2,1H3/b2*7-6-,10-9-;. The zero-order valence-electron chi connectivity index (χ0n) is 33.1. The van der Waals surface area contributed by atoms with Crippen LogP contribution in [0.2, 0.25) is 0 Å². The van der Waals surface area contributed by atoms with Gasteiger partial charge in [0.15, 0.2) is 0 Å². The molecule has 0 radical (unpaired) electrons. The quantitative estimate of drug-likeness (QED) is 0.0387. The first kappa shape index (κ1) is 52.1. The Kier molecular flexibility index (Phi) is 51.0. The molecule has 0 aromatic heterocycles. The Morgan fingerprint density at radius 1 is 0.460 bits per heavy atom. The Balaban J connectivity index is -0.000000701. The maximum Gasteiger partial charge on any atom is 0.303 e. The molecular formula is C43H83N3O4. The van der Waals surface area contributed by atoms with Crippen molar-refractivity contribution in [1.82, 2.24) is 4.90 Å². The number of rotatable bonds is 34. The van der Waals surface area contributed by atoms with E-state index >= 15 is 0 Å². The van der Waals surface area contributed by atoms with E-state index in [9.17, 15) is 9.59 Å². The van der Waals surface area contributed by atoms with Crippen molar-refractivity contribution >= 4 is 11.9 Å². The van der Waals surface area contributed by atoms with E-state index in [1.165, 1.54) is 89.9 Å². The molecule has 0 aromatic carbocycles. The van der Waals surface area contributed by atoms with Gasteiger partial charge in [0, 0.05) is 12.8 Å². The number of hydrogen-bond acceptors (Lipinski definition) is 5. The van der Waals surface area contributed by atoms with E-state index in [1.54, 1.807) is 0 Å². The van der Waals surface area contributed by atoms with Crippen LogP contribution in [0, 0.1) is 0 Å². The molecule has 0 aromatic rings. The molecule has 0 saturated heterocycles. The van der Waals surface area contributed by atoms with Crippen molar-refractivity contribution < 1.29 is 19.8 Å². The maximum atomic E-state index is 10.3. The average molecular weight is 706 g/mol. The fourth-order valence-electron chi connectivity index (χ4n) is 5.01. The minimum absolute atomic E-state index is 0.324. The van der Waals surface area contributed by atoms with Crippen LogP contribution >= 0.6 is 0 Å². The van der Waals surface area contributed by atoms with Gasteiger partial charge in [-0.15, -0.1) is 0 Å². The van der Waals surface area contributed by atoms with Crippen LogP contribution in [-0.4, -0.2) is 60.3 Å². The monoisotopic (exact) mass is 706 g/mol. The minimum Gasteiger partial charge on any atom is -0.481 e. The Morgan fingerprint density at radius 3 is 1.06 bits per heavy atom. The summed E-state index contributed by atoms with van der Waals surface area (Å²) in [6.07, 6.45) is 46.7. The lowest BCUT2D eigenvalue weighted by atomic mass is 10.1. The highest BCUT2D eigenvalue weighted by Gasteiger charge is 1.97. The van der Waals surface area contributed by atoms with Crippen molar-refractivity contribution in [2.75, 3.05) is 33.2 Å². The Bertz CT molecular complexity index is 731. The molecular weight excluding hydrogens is 622 g/mol. The third-order valence-corrected chi connectivity index (χ3v) is 8.17. The molecule has 6 N–H and O–H groups in total. The van der Waals surface area contributed by atoms with Gasteiger partial charge >= 0.3 is 11.9 Å². The third kappa shape index (κ3) is 58.0. The number of nitrogens with two attached hydrogens (primary N) is 2. The highest BCUT2D eigenvalue weighted by molar-refractivity contribution is 5.66. The molecule has 0 unspecified atom stereocenters. The molecule has 294 valence electrons. The van der Waals surface area contributed by atoms with Crippen molar-refractivity contribution in [1.29, 1.82) is 0 Å². The summed E-state index contributed by atoms with van der Waals surface area (Å²) in [7, 11) is 2.10. The molecule has 0 atom stereocenters. The molecule has 0 amide bonds. The third-order valence-electron chi connectivity index (χ3n) is 8.17. The summed E-state index contributed by atoms with van der Waals surface area (Å²) >= 11 is 0. The molecule has 0 spiro atoms. The molecule has 50 heavy (non-hydrogen) atoms. The van der Waals surface area contributed by atoms with Crippen molar-refractivity contribution in [3.8, 4) is 0 Å². The second-order valence-electron chi connectivity index (χ2n) is 13.3. The first-order valence-corrected chi connectivity index (χ1v) is 20.5. The SMILES string of the molecule is CCCCC/C=C\C/C=C\CCCCCCCC(=O)O.CCCCC/C=C\C/C=C\CCCCCCCC(=O)O.CN(CCCN)CCCN. The molecule has 0 bridgehead atoms. The van der Waals surface area contributed by atoms with E-state index in [2.05, 4.69) is 74.4 Å². The summed E-state index contributed by atoms with van der Waals surface area (Å²) in [5.74, 6) is -1.34. The molecule has 7 heteroatoms. The maximum absolute atomic E-state index is 10.3. The van der Waals surface area contributed by atoms with Crippen LogP contribution in [0.25, 0.3) is 0 Å². The summed E-state index contributed by atoms with van der Waals surface area (Å²) in [6.45, 7) is 8.23. The number of hydrogen-bond donors (Lipinski definition) is 4. The van der Waals surface area contributed by atoms with Crippen LogP contribution in [0.5, 0.6) is 0 Å². The molecule has 0 fully saturated rings. The zero-order chi connectivity index (χ0) is 37.6. The predicted molar refractivity (Wildman–Crippen MR) is 219 cm³/mol. The molecule has 0 saturated carbocycles. The first-order chi connectivity index (χ1) is 24.3. The summed E-state index contributed by atoms with van der Waals surface area (Å²) in [5, 5.41) is 17.0. The van der Waals surface area contributed by atoms with Crippen molar-refractivity contribution in [2.45, 2.75) is 181 Å². The topological polar surface area (TPSA) is 130 Å². The normalized spacial score (nSPS) is 11.5. The molecule has 0 aliphatic heterocycles. The summed E-state index contributed by atoms with van der Waals surface area (Å²) in [6, 6.07) is 0. The lowest BCUT2D eigenvalue weighted by Crippen LogP contribution is -2.24. The fourth-order valence-corrected chi connectivity index (χ4v) is 5.01. The zero-order valence-corrected chi connectivity index (χ0v) is 33.1. The van der Waals surface area contributed by atoms with Gasteiger partial charge in [0.05, 0.1) is 0 Å². The second-order valence-corrected chi connectivity index (χ2v) is 13.3. The highest BCUT2D eigenvalue weighted by atomic mass is 16.4. The molecule has 0 aliphatic rings. The number of carbonyl (C=O) groups is 2. The van der Waals surface area contributed by atoms with Crippen molar-refractivity contribution in [2.24, 2.45) is 11.5 Å². The van der Waals surface area contributed by atoms with Gasteiger partial charge in [-0.25, -0.2) is 0 Å². The van der Waals surface area contributed by atoms with Gasteiger partial charge in [0.1, 0.15) is 0 Å². The van der Waals surface area contributed by atoms with Crippen LogP contribution in [0.15, 0.2) is 48.6 Å². The second kappa shape index (κ2) is 48.9. The van der Waals surface area contributed by atoms with E-state index in [0.29, 0.717) is 12.8 Å². The van der Waals surface area contributed by atoms with Crippen LogP contribution < -0.4 is 11.5 Å². The van der Waals surface area contributed by atoms with Gasteiger partial charge in [-0.1, -0.05) is 127 Å². The number of aliphatic carboxylic acids is 2. The fraction of sp³-hybridized carbons (Fsp3) is 0.767. The van der Waals surface area contributed by atoms with Crippen LogP contribution in [0.1, 0.15) is 181 Å². The van der Waals surface area contributed by atoms with E-state index in [4.69, 9.17) is 21.7 Å². The van der Waals surface area contributed by atoms with Gasteiger partial charge in [0.25, 0.3) is 0 Å². The first-order valence-electron chi connectivity index (χ1n) is 20.5. The van der Waals surface area contributed by atoms with Crippen LogP contribution in [0.3, 0.4) is 0 Å². The van der Waals surface area contributed by atoms with Gasteiger partial charge in [0.2, 0.25) is 0 Å². The highest BCUT2D eigenvalue weighted by Crippen LogP contribution is 2.09. The number of allylic oxidation sites excluding steroid dienone is 8. The number of unbranched alkanes of at least 4 members (excludes halogenated alkanes) is 16. The van der Waals surface area contributed by atoms with E-state index < -0.39 is 11.9 Å². The summed E-state index contributed by atoms with van der Waals surface area (Å²) in [5.41, 5.74) is 10.7. The number of carboxylic acids is 2. The number of carboxylic acid groups (broad SMARTS) is 2. The molecule has 7 nitrogen and oxygen atoms in total. The lowest BCUT2D eigenvalue weighted by molar-refractivity contribution is -0.138. The Labute approximate surface area is 310 Å². The van der Waals surface area contributed by atoms with Crippen LogP contribution in [-0.2, 0) is 9.59 Å². The molecule has 0 heterocycles. The van der Waals surface area contributed by atoms with E-state index in [0.717, 1.165) is 90.4 Å². The van der Waals surface area contributed by atoms with Gasteiger partial charge in [-0.05, 0) is 123 Å². The van der Waals surface area contributed by atoms with Crippen molar-refractivity contribution in [3.63, 3.8) is 0 Å². The van der Waals surface area contributed by atoms with Gasteiger partial charge < -0.3 is 26.6 Å². The molecule has 0 rings (SSSR count). The van der Waals surface area contributed by atoms with Crippen molar-refractivity contribution in [3.05, 3.63) is 48.6 Å². The predicted octanol–water partition coefficient (Wildman–Crippen LogP) is 11.4. The Morgan fingerprint density at radius 2 is 0.760 bits per heavy atom. The van der Waals surface area contributed by atoms with Gasteiger partial charge in [-0.3, -0.25) is 9.59 Å². The lowest BCUT2D eigenvalue weighted by Gasteiger charge is -2.14. The van der Waals surface area contributed by atoms with Gasteiger partial charge in [-0.2, -0.15) is 0 Å². The smallest absolute Gasteiger partial charge is 0.303 e. The van der Waals surface area contributed by atoms with E-state index in [-0.39, 0.29) is 0 Å². The summed E-state index contributed by atoms with van der Waals surface area (Å²) < 4.78 is 0. The largest absolute Gasteiger partial charge is 0.481 e. The van der Waals surface area contributed by atoms with Crippen LogP contribution in [0.4, 0.5) is 0 Å². The summed E-state index contributed by atoms with van der Waals surface area (Å²) in [4.78, 5) is 22.9. The van der Waals surface area contributed by atoms with E-state index in [1.807, 2.05) is 0 Å². The Hall–Kier alpha value is -2.22. The number of nitrogens with zero attached hydrogens (tertiary/aromatic N) is 1. The molecule has 0 aliphatic carbocycles. The average Bonchev–Trinajstić information content (AvgIpc) is 3.10.